The fraction of sp³-hybridized carbons (Fsp3) is 0.231. The van der Waals surface area contributed by atoms with Gasteiger partial charge in [0.25, 0.3) is 0 Å². The molecule has 0 aliphatic carbocycles. The van der Waals surface area contributed by atoms with E-state index >= 15 is 0 Å². The molecular weight excluding hydrogens is 233 g/mol. The fourth-order valence-corrected chi connectivity index (χ4v) is 1.59. The summed E-state index contributed by atoms with van der Waals surface area (Å²) in [5, 5.41) is 3.07. The Morgan fingerprint density at radius 3 is 2.78 bits per heavy atom. The summed E-state index contributed by atoms with van der Waals surface area (Å²) in [6.45, 7) is 1.14. The molecule has 1 N–H and O–H groups in total. The van der Waals surface area contributed by atoms with Gasteiger partial charge in [-0.2, -0.15) is 0 Å². The van der Waals surface area contributed by atoms with E-state index in [-0.39, 0.29) is 5.82 Å². The van der Waals surface area contributed by atoms with E-state index in [9.17, 15) is 4.39 Å². The van der Waals surface area contributed by atoms with Crippen molar-refractivity contribution in [3.8, 4) is 11.3 Å². The standard InChI is InChI=1S/C13H14FN3O/c1-18-9-8-17-13-12(15-6-7-16-13)10-4-2-3-5-11(10)14/h2-7H,8-9H2,1H3,(H,16,17). The highest BCUT2D eigenvalue weighted by Gasteiger charge is 2.11. The van der Waals surface area contributed by atoms with Crippen molar-refractivity contribution < 1.29 is 9.13 Å². The topological polar surface area (TPSA) is 47.0 Å². The van der Waals surface area contributed by atoms with E-state index in [2.05, 4.69) is 15.3 Å². The van der Waals surface area contributed by atoms with Crippen LogP contribution < -0.4 is 5.32 Å². The Bertz CT molecular complexity index is 519. The molecule has 0 saturated heterocycles. The van der Waals surface area contributed by atoms with E-state index in [1.165, 1.54) is 6.07 Å². The van der Waals surface area contributed by atoms with Gasteiger partial charge < -0.3 is 10.1 Å². The van der Waals surface area contributed by atoms with Gasteiger partial charge in [-0.15, -0.1) is 0 Å². The van der Waals surface area contributed by atoms with Crippen molar-refractivity contribution in [2.24, 2.45) is 0 Å². The zero-order valence-electron chi connectivity index (χ0n) is 10.1. The Labute approximate surface area is 105 Å². The number of nitrogens with one attached hydrogen (secondary N) is 1. The van der Waals surface area contributed by atoms with Crippen LogP contribution in [0.15, 0.2) is 36.7 Å². The third kappa shape index (κ3) is 2.81. The third-order valence-electron chi connectivity index (χ3n) is 2.43. The van der Waals surface area contributed by atoms with Crippen molar-refractivity contribution >= 4 is 5.82 Å². The molecule has 5 heteroatoms. The predicted octanol–water partition coefficient (Wildman–Crippen LogP) is 2.34. The van der Waals surface area contributed by atoms with E-state index in [1.54, 1.807) is 37.7 Å². The van der Waals surface area contributed by atoms with Crippen LogP contribution in [0, 0.1) is 5.82 Å². The largest absolute Gasteiger partial charge is 0.383 e. The lowest BCUT2D eigenvalue weighted by Crippen LogP contribution is -2.10. The van der Waals surface area contributed by atoms with E-state index in [0.717, 1.165) is 0 Å². The van der Waals surface area contributed by atoms with Gasteiger partial charge in [-0.3, -0.25) is 4.98 Å². The van der Waals surface area contributed by atoms with E-state index in [0.29, 0.717) is 30.2 Å². The summed E-state index contributed by atoms with van der Waals surface area (Å²) in [5.74, 6) is 0.243. The summed E-state index contributed by atoms with van der Waals surface area (Å²) in [6, 6.07) is 6.50. The van der Waals surface area contributed by atoms with Gasteiger partial charge in [0.2, 0.25) is 0 Å². The molecule has 18 heavy (non-hydrogen) atoms. The lowest BCUT2D eigenvalue weighted by atomic mass is 10.1. The number of aromatic nitrogens is 2. The molecule has 0 fully saturated rings. The number of nitrogens with zero attached hydrogens (tertiary/aromatic N) is 2. The van der Waals surface area contributed by atoms with Crippen LogP contribution in [-0.4, -0.2) is 30.2 Å². The smallest absolute Gasteiger partial charge is 0.152 e. The predicted molar refractivity (Wildman–Crippen MR) is 67.8 cm³/mol. The van der Waals surface area contributed by atoms with Gasteiger partial charge in [-0.05, 0) is 12.1 Å². The molecule has 0 aliphatic rings. The van der Waals surface area contributed by atoms with Crippen LogP contribution in [0.5, 0.6) is 0 Å². The average Bonchev–Trinajstić information content (AvgIpc) is 2.40. The molecule has 0 amide bonds. The molecule has 0 radical (unpaired) electrons. The first kappa shape index (κ1) is 12.4. The second-order valence-corrected chi connectivity index (χ2v) is 3.65. The maximum Gasteiger partial charge on any atom is 0.152 e. The molecule has 1 aromatic carbocycles. The summed E-state index contributed by atoms with van der Waals surface area (Å²) in [4.78, 5) is 8.35. The molecule has 2 aromatic rings. The van der Waals surface area contributed by atoms with E-state index in [1.807, 2.05) is 0 Å². The molecular formula is C13H14FN3O. The Hall–Kier alpha value is -2.01. The Kier molecular flexibility index (Phi) is 4.20. The van der Waals surface area contributed by atoms with Crippen molar-refractivity contribution in [1.82, 2.24) is 9.97 Å². The maximum absolute atomic E-state index is 13.7. The minimum atomic E-state index is -0.312. The van der Waals surface area contributed by atoms with E-state index in [4.69, 9.17) is 4.74 Å². The fourth-order valence-electron chi connectivity index (χ4n) is 1.59. The summed E-state index contributed by atoms with van der Waals surface area (Å²) in [7, 11) is 1.62. The molecule has 0 spiro atoms. The third-order valence-corrected chi connectivity index (χ3v) is 2.43. The second-order valence-electron chi connectivity index (χ2n) is 3.65. The summed E-state index contributed by atoms with van der Waals surface area (Å²) >= 11 is 0. The highest BCUT2D eigenvalue weighted by atomic mass is 19.1. The van der Waals surface area contributed by atoms with Gasteiger partial charge in [0, 0.05) is 31.6 Å². The lowest BCUT2D eigenvalue weighted by Gasteiger charge is -2.10. The summed E-state index contributed by atoms with van der Waals surface area (Å²) < 4.78 is 18.7. The molecule has 1 heterocycles. The normalized spacial score (nSPS) is 10.3. The Balaban J connectivity index is 2.30. The Morgan fingerprint density at radius 2 is 2.00 bits per heavy atom. The lowest BCUT2D eigenvalue weighted by molar-refractivity contribution is 0.210. The zero-order chi connectivity index (χ0) is 12.8. The SMILES string of the molecule is COCCNc1nccnc1-c1ccccc1F. The molecule has 0 saturated carbocycles. The molecule has 4 nitrogen and oxygen atoms in total. The number of anilines is 1. The van der Waals surface area contributed by atoms with Gasteiger partial charge in [-0.1, -0.05) is 12.1 Å². The maximum atomic E-state index is 13.7. The molecule has 1 aromatic heterocycles. The minimum Gasteiger partial charge on any atom is -0.383 e. The number of ether oxygens (including phenoxy) is 1. The second kappa shape index (κ2) is 6.07. The molecule has 94 valence electrons. The van der Waals surface area contributed by atoms with E-state index < -0.39 is 0 Å². The number of benzene rings is 1. The van der Waals surface area contributed by atoms with Crippen LogP contribution in [0.1, 0.15) is 0 Å². The number of halogens is 1. The van der Waals surface area contributed by atoms with Gasteiger partial charge >= 0.3 is 0 Å². The van der Waals surface area contributed by atoms with Crippen molar-refractivity contribution in [1.29, 1.82) is 0 Å². The van der Waals surface area contributed by atoms with Crippen LogP contribution in [0.4, 0.5) is 10.2 Å². The van der Waals surface area contributed by atoms with Crippen LogP contribution >= 0.6 is 0 Å². The first-order valence-corrected chi connectivity index (χ1v) is 5.61. The number of hydrogen-bond donors (Lipinski definition) is 1. The van der Waals surface area contributed by atoms with Crippen LogP contribution in [0.25, 0.3) is 11.3 Å². The van der Waals surface area contributed by atoms with Gasteiger partial charge in [-0.25, -0.2) is 9.37 Å². The quantitative estimate of drug-likeness (QED) is 0.824. The van der Waals surface area contributed by atoms with Crippen LogP contribution in [0.3, 0.4) is 0 Å². The first-order chi connectivity index (χ1) is 8.83. The van der Waals surface area contributed by atoms with Gasteiger partial charge in [0.1, 0.15) is 11.5 Å². The summed E-state index contributed by atoms with van der Waals surface area (Å²) in [6.07, 6.45) is 3.11. The minimum absolute atomic E-state index is 0.312. The summed E-state index contributed by atoms with van der Waals surface area (Å²) in [5.41, 5.74) is 0.942. The average molecular weight is 247 g/mol. The number of methoxy groups -OCH3 is 1. The molecule has 2 rings (SSSR count). The van der Waals surface area contributed by atoms with Crippen LogP contribution in [-0.2, 0) is 4.74 Å². The van der Waals surface area contributed by atoms with Gasteiger partial charge in [0.05, 0.1) is 6.61 Å². The van der Waals surface area contributed by atoms with Crippen molar-refractivity contribution in [3.05, 3.63) is 42.5 Å². The zero-order valence-corrected chi connectivity index (χ0v) is 10.1. The Morgan fingerprint density at radius 1 is 1.22 bits per heavy atom. The first-order valence-electron chi connectivity index (χ1n) is 5.61. The highest BCUT2D eigenvalue weighted by Crippen LogP contribution is 2.25. The number of rotatable bonds is 5. The monoisotopic (exact) mass is 247 g/mol. The molecule has 0 unspecified atom stereocenters. The van der Waals surface area contributed by atoms with Crippen molar-refractivity contribution in [2.45, 2.75) is 0 Å². The molecule has 0 atom stereocenters. The van der Waals surface area contributed by atoms with Crippen molar-refractivity contribution in [3.63, 3.8) is 0 Å². The molecule has 0 aliphatic heterocycles. The highest BCUT2D eigenvalue weighted by molar-refractivity contribution is 5.71. The number of hydrogen-bond acceptors (Lipinski definition) is 4. The van der Waals surface area contributed by atoms with Gasteiger partial charge in [0.15, 0.2) is 5.82 Å². The van der Waals surface area contributed by atoms with Crippen molar-refractivity contribution in [2.75, 3.05) is 25.6 Å². The molecule has 0 bridgehead atoms. The van der Waals surface area contributed by atoms with Crippen LogP contribution in [0.2, 0.25) is 0 Å².